The second-order valence-corrected chi connectivity index (χ2v) is 9.68. The normalized spacial score (nSPS) is 11.8. The van der Waals surface area contributed by atoms with E-state index in [1.165, 1.54) is 68.1 Å². The summed E-state index contributed by atoms with van der Waals surface area (Å²) in [6.07, 6.45) is 20.6. The number of unbranched alkanes of at least 4 members (excludes halogenated alkanes) is 8. The van der Waals surface area contributed by atoms with Crippen molar-refractivity contribution in [3.05, 3.63) is 132 Å². The van der Waals surface area contributed by atoms with E-state index < -0.39 is 5.54 Å². The van der Waals surface area contributed by atoms with E-state index in [2.05, 4.69) is 121 Å². The Morgan fingerprint density at radius 1 is 0.639 bits per heavy atom. The van der Waals surface area contributed by atoms with Gasteiger partial charge in [0.2, 0.25) is 0 Å². The second-order valence-electron chi connectivity index (χ2n) is 9.68. The van der Waals surface area contributed by atoms with Gasteiger partial charge < -0.3 is 4.57 Å². The van der Waals surface area contributed by atoms with E-state index in [4.69, 9.17) is 4.98 Å². The van der Waals surface area contributed by atoms with E-state index in [0.29, 0.717) is 0 Å². The van der Waals surface area contributed by atoms with Crippen molar-refractivity contribution in [3.63, 3.8) is 0 Å². The Morgan fingerprint density at radius 2 is 1.11 bits per heavy atom. The molecule has 0 atom stereocenters. The summed E-state index contributed by atoms with van der Waals surface area (Å²) in [5, 5.41) is 0. The molecule has 0 bridgehead atoms. The van der Waals surface area contributed by atoms with E-state index >= 15 is 0 Å². The Balaban J connectivity index is 1.55. The Hall–Kier alpha value is -3.39. The van der Waals surface area contributed by atoms with Crippen molar-refractivity contribution in [3.8, 4) is 0 Å². The first-order valence-corrected chi connectivity index (χ1v) is 13.7. The number of allylic oxidation sites excluding steroid dienone is 1. The molecule has 0 unspecified atom stereocenters. The first-order valence-electron chi connectivity index (χ1n) is 13.7. The topological polar surface area (TPSA) is 17.8 Å². The lowest BCUT2D eigenvalue weighted by molar-refractivity contribution is 0.514. The van der Waals surface area contributed by atoms with Gasteiger partial charge in [-0.3, -0.25) is 0 Å². The number of nitrogens with zero attached hydrogens (tertiary/aromatic N) is 2. The number of benzene rings is 3. The van der Waals surface area contributed by atoms with Gasteiger partial charge in [-0.25, -0.2) is 4.98 Å². The molecular formula is C34H40N2. The molecule has 186 valence electrons. The fraction of sp³-hybridized carbons (Fsp3) is 0.324. The lowest BCUT2D eigenvalue weighted by Gasteiger charge is -2.37. The lowest BCUT2D eigenvalue weighted by Crippen LogP contribution is -2.36. The van der Waals surface area contributed by atoms with E-state index in [1.54, 1.807) is 0 Å². The predicted octanol–water partition coefficient (Wildman–Crippen LogP) is 9.27. The molecule has 0 saturated carbocycles. The average Bonchev–Trinajstić information content (AvgIpc) is 3.41. The molecule has 36 heavy (non-hydrogen) atoms. The Labute approximate surface area is 217 Å². The third-order valence-electron chi connectivity index (χ3n) is 7.08. The minimum absolute atomic E-state index is 0.499. The maximum absolute atomic E-state index is 4.81. The van der Waals surface area contributed by atoms with Crippen molar-refractivity contribution < 1.29 is 0 Å². The van der Waals surface area contributed by atoms with E-state index in [1.807, 2.05) is 6.33 Å². The van der Waals surface area contributed by atoms with Crippen LogP contribution in [0.5, 0.6) is 0 Å². The zero-order chi connectivity index (χ0) is 24.9. The van der Waals surface area contributed by atoms with Crippen LogP contribution in [-0.2, 0) is 5.54 Å². The van der Waals surface area contributed by atoms with Crippen LogP contribution in [0.1, 0.15) is 87.1 Å². The smallest absolute Gasteiger partial charge is 0.121 e. The molecular weight excluding hydrogens is 436 g/mol. The number of rotatable bonds is 14. The van der Waals surface area contributed by atoms with Crippen molar-refractivity contribution in [2.75, 3.05) is 0 Å². The molecule has 0 fully saturated rings. The van der Waals surface area contributed by atoms with Crippen molar-refractivity contribution in [2.24, 2.45) is 0 Å². The zero-order valence-electron chi connectivity index (χ0n) is 21.7. The van der Waals surface area contributed by atoms with Crippen molar-refractivity contribution in [2.45, 2.75) is 70.3 Å². The summed E-state index contributed by atoms with van der Waals surface area (Å²) in [4.78, 5) is 4.81. The van der Waals surface area contributed by atoms with Gasteiger partial charge in [-0.1, -0.05) is 149 Å². The van der Waals surface area contributed by atoms with Crippen molar-refractivity contribution >= 4 is 6.08 Å². The first-order chi connectivity index (χ1) is 17.9. The Kier molecular flexibility index (Phi) is 9.73. The van der Waals surface area contributed by atoms with Crippen molar-refractivity contribution in [1.29, 1.82) is 0 Å². The van der Waals surface area contributed by atoms with Crippen LogP contribution in [0.4, 0.5) is 0 Å². The van der Waals surface area contributed by atoms with Crippen LogP contribution in [-0.4, -0.2) is 9.55 Å². The molecule has 0 radical (unpaired) electrons. The van der Waals surface area contributed by atoms with Gasteiger partial charge in [0.25, 0.3) is 0 Å². The average molecular weight is 477 g/mol. The molecule has 1 heterocycles. The van der Waals surface area contributed by atoms with Crippen LogP contribution in [0.3, 0.4) is 0 Å². The largest absolute Gasteiger partial charge is 0.318 e. The Morgan fingerprint density at radius 3 is 1.61 bits per heavy atom. The molecule has 0 aliphatic rings. The molecule has 2 nitrogen and oxygen atoms in total. The lowest BCUT2D eigenvalue weighted by atomic mass is 9.77. The maximum Gasteiger partial charge on any atom is 0.121 e. The third-order valence-corrected chi connectivity index (χ3v) is 7.08. The number of imidazole rings is 1. The highest BCUT2D eigenvalue weighted by molar-refractivity contribution is 5.52. The van der Waals surface area contributed by atoms with Crippen molar-refractivity contribution in [1.82, 2.24) is 9.55 Å². The van der Waals surface area contributed by atoms with Crippen LogP contribution >= 0.6 is 0 Å². The molecule has 0 aliphatic heterocycles. The maximum atomic E-state index is 4.81. The molecule has 0 amide bonds. The summed E-state index contributed by atoms with van der Waals surface area (Å²) in [7, 11) is 0. The first kappa shape index (κ1) is 25.7. The van der Waals surface area contributed by atoms with E-state index in [0.717, 1.165) is 12.1 Å². The second kappa shape index (κ2) is 13.6. The molecule has 0 saturated heterocycles. The standard InChI is InChI=1S/C34H40N2/c1-2-3-4-5-6-7-8-9-10-20-27-33-28-36(29-35-33)34(30-21-14-11-15-22-30,31-23-16-12-17-24-31)32-25-18-13-19-26-32/h11-29H,2-10H2,1H3/b27-20+. The SMILES string of the molecule is CCCCCCCCCC/C=C/c1cn(C(c2ccccc2)(c2ccccc2)c2ccccc2)cn1. The molecule has 3 aromatic carbocycles. The van der Waals surface area contributed by atoms with E-state index in [-0.39, 0.29) is 0 Å². The van der Waals surface area contributed by atoms with Gasteiger partial charge >= 0.3 is 0 Å². The van der Waals surface area contributed by atoms with Crippen LogP contribution in [0.15, 0.2) is 110 Å². The van der Waals surface area contributed by atoms with Crippen LogP contribution in [0.2, 0.25) is 0 Å². The summed E-state index contributed by atoms with van der Waals surface area (Å²) in [5.74, 6) is 0. The Bertz CT molecular complexity index is 1060. The summed E-state index contributed by atoms with van der Waals surface area (Å²) >= 11 is 0. The molecule has 4 aromatic rings. The molecule has 0 spiro atoms. The number of aromatic nitrogens is 2. The molecule has 4 rings (SSSR count). The van der Waals surface area contributed by atoms with Gasteiger partial charge in [0.05, 0.1) is 12.0 Å². The minimum atomic E-state index is -0.499. The monoisotopic (exact) mass is 476 g/mol. The highest BCUT2D eigenvalue weighted by atomic mass is 15.1. The molecule has 0 N–H and O–H groups in total. The zero-order valence-corrected chi connectivity index (χ0v) is 21.7. The quantitative estimate of drug-likeness (QED) is 0.131. The van der Waals surface area contributed by atoms with Gasteiger partial charge in [0, 0.05) is 6.20 Å². The summed E-state index contributed by atoms with van der Waals surface area (Å²) in [6.45, 7) is 2.28. The van der Waals surface area contributed by atoms with Gasteiger partial charge in [0.15, 0.2) is 0 Å². The van der Waals surface area contributed by atoms with Crippen LogP contribution < -0.4 is 0 Å². The van der Waals surface area contributed by atoms with Gasteiger partial charge in [0.1, 0.15) is 5.54 Å². The van der Waals surface area contributed by atoms with Gasteiger partial charge in [-0.15, -0.1) is 0 Å². The van der Waals surface area contributed by atoms with Crippen LogP contribution in [0, 0.1) is 0 Å². The van der Waals surface area contributed by atoms with Crippen LogP contribution in [0.25, 0.3) is 6.08 Å². The van der Waals surface area contributed by atoms with Gasteiger partial charge in [-0.05, 0) is 35.6 Å². The summed E-state index contributed by atoms with van der Waals surface area (Å²) < 4.78 is 2.28. The van der Waals surface area contributed by atoms with E-state index in [9.17, 15) is 0 Å². The third kappa shape index (κ3) is 6.23. The highest BCUT2D eigenvalue weighted by Crippen LogP contribution is 2.40. The number of hydrogen-bond donors (Lipinski definition) is 0. The number of hydrogen-bond acceptors (Lipinski definition) is 1. The van der Waals surface area contributed by atoms with Gasteiger partial charge in [-0.2, -0.15) is 0 Å². The predicted molar refractivity (Wildman–Crippen MR) is 153 cm³/mol. The summed E-state index contributed by atoms with van der Waals surface area (Å²) in [5.41, 5.74) is 4.15. The highest BCUT2D eigenvalue weighted by Gasteiger charge is 2.38. The summed E-state index contributed by atoms with van der Waals surface area (Å²) in [6, 6.07) is 32.3. The molecule has 1 aromatic heterocycles. The fourth-order valence-electron chi connectivity index (χ4n) is 5.19. The molecule has 0 aliphatic carbocycles. The molecule has 2 heteroatoms. The minimum Gasteiger partial charge on any atom is -0.318 e. The fourth-order valence-corrected chi connectivity index (χ4v) is 5.19.